The molecule has 0 saturated carbocycles. The number of rotatable bonds is 1. The smallest absolute Gasteiger partial charge is 0.255 e. The average molecular weight is 311 g/mol. The van der Waals surface area contributed by atoms with Crippen LogP contribution in [0.25, 0.3) is 11.3 Å². The van der Waals surface area contributed by atoms with Gasteiger partial charge in [-0.25, -0.2) is 4.98 Å². The Balaban J connectivity index is 1.70. The summed E-state index contributed by atoms with van der Waals surface area (Å²) >= 11 is 0. The fourth-order valence-corrected chi connectivity index (χ4v) is 3.54. The SMILES string of the molecule is CN1CCC2(CC1)CCn1c(nc(-c3ccncc3)cc1=O)N2. The molecule has 4 heterocycles. The van der Waals surface area contributed by atoms with Crippen LogP contribution in [0.5, 0.6) is 0 Å². The minimum Gasteiger partial charge on any atom is -0.350 e. The van der Waals surface area contributed by atoms with Crippen LogP contribution in [-0.2, 0) is 6.54 Å². The van der Waals surface area contributed by atoms with E-state index < -0.39 is 0 Å². The van der Waals surface area contributed by atoms with E-state index in [9.17, 15) is 4.79 Å². The zero-order valence-electron chi connectivity index (χ0n) is 13.3. The predicted octanol–water partition coefficient (Wildman–Crippen LogP) is 1.59. The first-order chi connectivity index (χ1) is 11.2. The van der Waals surface area contributed by atoms with E-state index in [1.165, 1.54) is 0 Å². The van der Waals surface area contributed by atoms with Crippen molar-refractivity contribution in [3.63, 3.8) is 0 Å². The molecule has 2 aliphatic heterocycles. The fraction of sp³-hybridized carbons (Fsp3) is 0.471. The molecule has 0 bridgehead atoms. The molecule has 0 aromatic carbocycles. The molecule has 120 valence electrons. The number of piperidine rings is 1. The summed E-state index contributed by atoms with van der Waals surface area (Å²) in [6.45, 7) is 2.91. The quantitative estimate of drug-likeness (QED) is 0.866. The summed E-state index contributed by atoms with van der Waals surface area (Å²) in [7, 11) is 2.16. The van der Waals surface area contributed by atoms with Crippen LogP contribution in [0.2, 0.25) is 0 Å². The lowest BCUT2D eigenvalue weighted by Gasteiger charge is -2.44. The maximum Gasteiger partial charge on any atom is 0.255 e. The van der Waals surface area contributed by atoms with Crippen molar-refractivity contribution >= 4 is 5.95 Å². The topological polar surface area (TPSA) is 63.1 Å². The van der Waals surface area contributed by atoms with E-state index in [2.05, 4.69) is 22.2 Å². The van der Waals surface area contributed by atoms with Gasteiger partial charge in [-0.05, 0) is 38.4 Å². The number of anilines is 1. The third-order valence-electron chi connectivity index (χ3n) is 5.12. The highest BCUT2D eigenvalue weighted by Crippen LogP contribution is 2.33. The molecule has 1 fully saturated rings. The highest BCUT2D eigenvalue weighted by Gasteiger charge is 2.37. The third-order valence-corrected chi connectivity index (χ3v) is 5.12. The van der Waals surface area contributed by atoms with Crippen molar-refractivity contribution in [1.29, 1.82) is 0 Å². The Morgan fingerprint density at radius 1 is 1.13 bits per heavy atom. The van der Waals surface area contributed by atoms with E-state index in [0.29, 0.717) is 11.6 Å². The number of aromatic nitrogens is 3. The van der Waals surface area contributed by atoms with E-state index >= 15 is 0 Å². The molecule has 1 spiro atoms. The predicted molar refractivity (Wildman–Crippen MR) is 89.4 cm³/mol. The molecule has 0 radical (unpaired) electrons. The first-order valence-corrected chi connectivity index (χ1v) is 8.14. The van der Waals surface area contributed by atoms with Crippen molar-refractivity contribution in [2.45, 2.75) is 31.3 Å². The van der Waals surface area contributed by atoms with Gasteiger partial charge in [0, 0.05) is 49.2 Å². The van der Waals surface area contributed by atoms with Gasteiger partial charge in [0.15, 0.2) is 0 Å². The molecular weight excluding hydrogens is 290 g/mol. The van der Waals surface area contributed by atoms with Crippen LogP contribution in [0.4, 0.5) is 5.95 Å². The summed E-state index contributed by atoms with van der Waals surface area (Å²) in [5.41, 5.74) is 1.73. The van der Waals surface area contributed by atoms with Crippen LogP contribution in [-0.4, -0.2) is 45.1 Å². The number of nitrogens with zero attached hydrogens (tertiary/aromatic N) is 4. The van der Waals surface area contributed by atoms with Gasteiger partial charge in [-0.3, -0.25) is 14.3 Å². The van der Waals surface area contributed by atoms with Gasteiger partial charge in [-0.2, -0.15) is 0 Å². The van der Waals surface area contributed by atoms with E-state index in [1.807, 2.05) is 12.1 Å². The maximum atomic E-state index is 12.4. The molecule has 6 nitrogen and oxygen atoms in total. The molecule has 2 aliphatic rings. The monoisotopic (exact) mass is 311 g/mol. The molecule has 4 rings (SSSR count). The maximum absolute atomic E-state index is 12.4. The van der Waals surface area contributed by atoms with Gasteiger partial charge in [0.05, 0.1) is 5.69 Å². The van der Waals surface area contributed by atoms with Gasteiger partial charge in [0.2, 0.25) is 5.95 Å². The molecule has 0 atom stereocenters. The molecule has 2 aromatic heterocycles. The summed E-state index contributed by atoms with van der Waals surface area (Å²) < 4.78 is 1.76. The van der Waals surface area contributed by atoms with E-state index in [1.54, 1.807) is 23.0 Å². The summed E-state index contributed by atoms with van der Waals surface area (Å²) in [5, 5.41) is 3.59. The van der Waals surface area contributed by atoms with Gasteiger partial charge in [-0.1, -0.05) is 0 Å². The van der Waals surface area contributed by atoms with Crippen LogP contribution >= 0.6 is 0 Å². The number of hydrogen-bond donors (Lipinski definition) is 1. The minimum absolute atomic E-state index is 0.0112. The fourth-order valence-electron chi connectivity index (χ4n) is 3.54. The van der Waals surface area contributed by atoms with Crippen LogP contribution in [0, 0.1) is 0 Å². The van der Waals surface area contributed by atoms with Crippen molar-refractivity contribution in [3.05, 3.63) is 40.9 Å². The number of likely N-dealkylation sites (tertiary alicyclic amines) is 1. The van der Waals surface area contributed by atoms with Gasteiger partial charge in [-0.15, -0.1) is 0 Å². The van der Waals surface area contributed by atoms with E-state index in [0.717, 1.165) is 44.5 Å². The van der Waals surface area contributed by atoms with Crippen molar-refractivity contribution in [3.8, 4) is 11.3 Å². The molecular formula is C17H21N5O. The average Bonchev–Trinajstić information content (AvgIpc) is 2.58. The van der Waals surface area contributed by atoms with Crippen molar-refractivity contribution < 1.29 is 0 Å². The van der Waals surface area contributed by atoms with E-state index in [-0.39, 0.29) is 11.1 Å². The van der Waals surface area contributed by atoms with Crippen LogP contribution < -0.4 is 10.9 Å². The highest BCUT2D eigenvalue weighted by molar-refractivity contribution is 5.59. The lowest BCUT2D eigenvalue weighted by molar-refractivity contribution is 0.183. The van der Waals surface area contributed by atoms with Crippen molar-refractivity contribution in [1.82, 2.24) is 19.4 Å². The Bertz CT molecular complexity index is 762. The van der Waals surface area contributed by atoms with Crippen LogP contribution in [0.3, 0.4) is 0 Å². The first kappa shape index (κ1) is 14.4. The lowest BCUT2D eigenvalue weighted by atomic mass is 9.83. The molecule has 23 heavy (non-hydrogen) atoms. The molecule has 2 aromatic rings. The zero-order chi connectivity index (χ0) is 15.9. The lowest BCUT2D eigenvalue weighted by Crippen LogP contribution is -2.52. The Labute approximate surface area is 135 Å². The van der Waals surface area contributed by atoms with Crippen molar-refractivity contribution in [2.24, 2.45) is 0 Å². The largest absolute Gasteiger partial charge is 0.350 e. The second-order valence-corrected chi connectivity index (χ2v) is 6.65. The number of hydrogen-bond acceptors (Lipinski definition) is 5. The molecule has 1 N–H and O–H groups in total. The summed E-state index contributed by atoms with van der Waals surface area (Å²) in [6.07, 6.45) is 6.63. The number of pyridine rings is 1. The second-order valence-electron chi connectivity index (χ2n) is 6.65. The first-order valence-electron chi connectivity index (χ1n) is 8.14. The van der Waals surface area contributed by atoms with Gasteiger partial charge < -0.3 is 10.2 Å². The highest BCUT2D eigenvalue weighted by atomic mass is 16.1. The molecule has 0 amide bonds. The van der Waals surface area contributed by atoms with E-state index in [4.69, 9.17) is 4.98 Å². The Kier molecular flexibility index (Phi) is 3.41. The van der Waals surface area contributed by atoms with Crippen molar-refractivity contribution in [2.75, 3.05) is 25.5 Å². The van der Waals surface area contributed by atoms with Gasteiger partial charge in [0.25, 0.3) is 5.56 Å². The standard InChI is InChI=1S/C17H21N5O/c1-21-9-4-17(5-10-21)6-11-22-15(23)12-14(19-16(22)20-17)13-2-7-18-8-3-13/h2-3,7-8,12H,4-6,9-11H2,1H3,(H,19,20). The zero-order valence-corrected chi connectivity index (χ0v) is 13.3. The van der Waals surface area contributed by atoms with Gasteiger partial charge in [0.1, 0.15) is 0 Å². The third kappa shape index (κ3) is 2.63. The summed E-state index contributed by atoms with van der Waals surface area (Å²) in [6, 6.07) is 5.38. The van der Waals surface area contributed by atoms with Crippen LogP contribution in [0.1, 0.15) is 19.3 Å². The second kappa shape index (κ2) is 5.45. The van der Waals surface area contributed by atoms with Gasteiger partial charge >= 0.3 is 0 Å². The minimum atomic E-state index is 0.0112. The number of nitrogens with one attached hydrogen (secondary N) is 1. The number of fused-ring (bicyclic) bond motifs is 1. The molecule has 0 aliphatic carbocycles. The summed E-state index contributed by atoms with van der Waals surface area (Å²) in [4.78, 5) is 23.5. The Hall–Kier alpha value is -2.21. The normalized spacial score (nSPS) is 20.0. The molecule has 0 unspecified atom stereocenters. The van der Waals surface area contributed by atoms with Crippen LogP contribution in [0.15, 0.2) is 35.4 Å². The Morgan fingerprint density at radius 2 is 1.83 bits per heavy atom. The molecule has 6 heteroatoms. The Morgan fingerprint density at radius 3 is 2.57 bits per heavy atom. The molecule has 1 saturated heterocycles. The summed E-state index contributed by atoms with van der Waals surface area (Å²) in [5.74, 6) is 0.708.